The second-order valence-electron chi connectivity index (χ2n) is 16.4. The Morgan fingerprint density at radius 2 is 0.583 bits per heavy atom. The van der Waals surface area contributed by atoms with Gasteiger partial charge in [0.2, 0.25) is 0 Å². The van der Waals surface area contributed by atoms with E-state index in [0.29, 0.717) is 33.0 Å². The molecule has 0 aliphatic heterocycles. The standard InChI is InChI=1S/C45H92O13S2/c1-4-7-10-13-16-19-22-25-30-52-37-43(56-33-28-35-59(46,47)48)40-55-41-44(38-53-31-26-23-20-17-14-11-8-5-2)58-42-45(57-34-29-36-60(49,50)51)39-54-32-27-24-21-18-15-12-9-6-3/h43-45H,4-42H2,1-3H3,(H,46,47,48)(H,49,50,51). The number of hydrogen-bond acceptors (Lipinski definition) is 11. The molecule has 60 heavy (non-hydrogen) atoms. The molecule has 3 atom stereocenters. The fraction of sp³-hybridized carbons (Fsp3) is 1.00. The summed E-state index contributed by atoms with van der Waals surface area (Å²) in [5, 5.41) is 0. The first-order chi connectivity index (χ1) is 29.0. The Labute approximate surface area is 368 Å². The largest absolute Gasteiger partial charge is 0.379 e. The van der Waals surface area contributed by atoms with Crippen LogP contribution >= 0.6 is 0 Å². The van der Waals surface area contributed by atoms with Crippen molar-refractivity contribution in [1.82, 2.24) is 0 Å². The molecule has 3 unspecified atom stereocenters. The van der Waals surface area contributed by atoms with Crippen molar-refractivity contribution in [2.45, 2.75) is 206 Å². The molecule has 2 N–H and O–H groups in total. The third-order valence-corrected chi connectivity index (χ3v) is 11.9. The lowest BCUT2D eigenvalue weighted by molar-refractivity contribution is -0.121. The van der Waals surface area contributed by atoms with E-state index in [-0.39, 0.29) is 64.0 Å². The number of ether oxygens (including phenoxy) is 7. The van der Waals surface area contributed by atoms with E-state index in [4.69, 9.17) is 37.7 Å². The summed E-state index contributed by atoms with van der Waals surface area (Å²) >= 11 is 0. The minimum absolute atomic E-state index is 0.126. The molecule has 0 fully saturated rings. The van der Waals surface area contributed by atoms with E-state index < -0.39 is 38.5 Å². The lowest BCUT2D eigenvalue weighted by Gasteiger charge is -2.24. The average Bonchev–Trinajstić information content (AvgIpc) is 3.20. The molecule has 0 aliphatic rings. The topological polar surface area (TPSA) is 173 Å². The molecule has 362 valence electrons. The Morgan fingerprint density at radius 3 is 0.900 bits per heavy atom. The summed E-state index contributed by atoms with van der Waals surface area (Å²) < 4.78 is 106. The maximum atomic E-state index is 11.3. The minimum Gasteiger partial charge on any atom is -0.379 e. The lowest BCUT2D eigenvalue weighted by atomic mass is 10.1. The van der Waals surface area contributed by atoms with Crippen LogP contribution in [0.5, 0.6) is 0 Å². The summed E-state index contributed by atoms with van der Waals surface area (Å²) in [6.45, 7) is 10.2. The highest BCUT2D eigenvalue weighted by atomic mass is 32.2. The van der Waals surface area contributed by atoms with E-state index in [0.717, 1.165) is 38.5 Å². The second-order valence-corrected chi connectivity index (χ2v) is 19.6. The van der Waals surface area contributed by atoms with Gasteiger partial charge in [-0.2, -0.15) is 16.8 Å². The van der Waals surface area contributed by atoms with Crippen molar-refractivity contribution < 1.29 is 59.1 Å². The molecule has 0 saturated heterocycles. The summed E-state index contributed by atoms with van der Waals surface area (Å²) in [6.07, 6.45) is 27.8. The van der Waals surface area contributed by atoms with E-state index in [1.54, 1.807) is 0 Å². The average molecular weight is 905 g/mol. The van der Waals surface area contributed by atoms with E-state index in [2.05, 4.69) is 20.8 Å². The van der Waals surface area contributed by atoms with Crippen molar-refractivity contribution in [3.8, 4) is 0 Å². The van der Waals surface area contributed by atoms with Crippen molar-refractivity contribution >= 4 is 20.2 Å². The molecule has 0 heterocycles. The molecule has 0 aromatic carbocycles. The molecule has 0 saturated carbocycles. The van der Waals surface area contributed by atoms with Gasteiger partial charge >= 0.3 is 0 Å². The van der Waals surface area contributed by atoms with Crippen LogP contribution < -0.4 is 0 Å². The number of unbranched alkanes of at least 4 members (excludes halogenated alkanes) is 21. The van der Waals surface area contributed by atoms with Crippen LogP contribution in [0.4, 0.5) is 0 Å². The van der Waals surface area contributed by atoms with Crippen LogP contribution in [0.15, 0.2) is 0 Å². The zero-order chi connectivity index (χ0) is 44.3. The normalized spacial score (nSPS) is 13.9. The van der Waals surface area contributed by atoms with E-state index in [1.165, 1.54) is 116 Å². The first-order valence-corrected chi connectivity index (χ1v) is 27.3. The van der Waals surface area contributed by atoms with Gasteiger partial charge in [0.05, 0.1) is 51.1 Å². The van der Waals surface area contributed by atoms with Gasteiger partial charge in [0.25, 0.3) is 20.2 Å². The Balaban J connectivity index is 5.27. The Kier molecular flexibility index (Phi) is 43.4. The first-order valence-electron chi connectivity index (χ1n) is 24.1. The van der Waals surface area contributed by atoms with Crippen LogP contribution in [0.1, 0.15) is 188 Å². The van der Waals surface area contributed by atoms with Gasteiger partial charge in [-0.15, -0.1) is 0 Å². The van der Waals surface area contributed by atoms with Crippen LogP contribution in [0.25, 0.3) is 0 Å². The fourth-order valence-corrected chi connectivity index (χ4v) is 7.61. The van der Waals surface area contributed by atoms with Gasteiger partial charge in [0.15, 0.2) is 0 Å². The number of rotatable bonds is 50. The van der Waals surface area contributed by atoms with Gasteiger partial charge in [-0.25, -0.2) is 0 Å². The predicted octanol–water partition coefficient (Wildman–Crippen LogP) is 10.2. The fourth-order valence-electron chi connectivity index (χ4n) is 6.65. The smallest absolute Gasteiger partial charge is 0.264 e. The molecule has 0 aliphatic carbocycles. The molecule has 13 nitrogen and oxygen atoms in total. The molecule has 0 bridgehead atoms. The summed E-state index contributed by atoms with van der Waals surface area (Å²) in [7, 11) is -8.17. The summed E-state index contributed by atoms with van der Waals surface area (Å²) in [5.74, 6) is -0.766. The quantitative estimate of drug-likeness (QED) is 0.0437. The summed E-state index contributed by atoms with van der Waals surface area (Å²) in [6, 6.07) is 0. The summed E-state index contributed by atoms with van der Waals surface area (Å²) in [5.41, 5.74) is 0. The van der Waals surface area contributed by atoms with Crippen LogP contribution in [0, 0.1) is 0 Å². The van der Waals surface area contributed by atoms with Crippen LogP contribution in [-0.2, 0) is 53.4 Å². The van der Waals surface area contributed by atoms with Crippen molar-refractivity contribution in [3.63, 3.8) is 0 Å². The molecular formula is C45H92O13S2. The third kappa shape index (κ3) is 47.0. The molecule has 0 spiro atoms. The predicted molar refractivity (Wildman–Crippen MR) is 242 cm³/mol. The van der Waals surface area contributed by atoms with Gasteiger partial charge in [0, 0.05) is 33.0 Å². The van der Waals surface area contributed by atoms with Crippen LogP contribution in [0.2, 0.25) is 0 Å². The van der Waals surface area contributed by atoms with E-state index in [9.17, 15) is 21.4 Å². The molecule has 0 aromatic rings. The molecular weight excluding hydrogens is 813 g/mol. The minimum atomic E-state index is -4.09. The van der Waals surface area contributed by atoms with Gasteiger partial charge in [-0.1, -0.05) is 156 Å². The Morgan fingerprint density at radius 1 is 0.317 bits per heavy atom. The molecule has 0 radical (unpaired) electrons. The third-order valence-electron chi connectivity index (χ3n) is 10.3. The van der Waals surface area contributed by atoms with Crippen molar-refractivity contribution in [2.75, 3.05) is 84.2 Å². The van der Waals surface area contributed by atoms with Gasteiger partial charge in [-0.3, -0.25) is 9.11 Å². The maximum absolute atomic E-state index is 11.3. The second kappa shape index (κ2) is 43.8. The molecule has 0 aromatic heterocycles. The molecule has 15 heteroatoms. The van der Waals surface area contributed by atoms with E-state index in [1.807, 2.05) is 0 Å². The summed E-state index contributed by atoms with van der Waals surface area (Å²) in [4.78, 5) is 0. The first kappa shape index (κ1) is 59.5. The van der Waals surface area contributed by atoms with Gasteiger partial charge in [-0.05, 0) is 32.1 Å². The molecule has 0 rings (SSSR count). The van der Waals surface area contributed by atoms with Crippen molar-refractivity contribution in [1.29, 1.82) is 0 Å². The van der Waals surface area contributed by atoms with Crippen molar-refractivity contribution in [3.05, 3.63) is 0 Å². The lowest BCUT2D eigenvalue weighted by Crippen LogP contribution is -2.35. The van der Waals surface area contributed by atoms with Crippen LogP contribution in [0.3, 0.4) is 0 Å². The Bertz CT molecular complexity index is 1090. The maximum Gasteiger partial charge on any atom is 0.264 e. The van der Waals surface area contributed by atoms with Gasteiger partial charge in [0.1, 0.15) is 18.3 Å². The monoisotopic (exact) mass is 905 g/mol. The highest BCUT2D eigenvalue weighted by Gasteiger charge is 2.19. The molecule has 0 amide bonds. The Hall–Kier alpha value is -0.460. The van der Waals surface area contributed by atoms with Crippen LogP contribution in [-0.4, -0.2) is 128 Å². The SMILES string of the molecule is CCCCCCCCCCOCC(COCC(COCCCCCCCCCC)OCC(COCCCCCCCCCC)OCCCS(=O)(=O)O)OCCCS(=O)(=O)O. The highest BCUT2D eigenvalue weighted by molar-refractivity contribution is 7.86. The van der Waals surface area contributed by atoms with Gasteiger partial charge < -0.3 is 33.2 Å². The highest BCUT2D eigenvalue weighted by Crippen LogP contribution is 2.12. The number of hydrogen-bond donors (Lipinski definition) is 2. The zero-order valence-electron chi connectivity index (χ0n) is 38.5. The zero-order valence-corrected chi connectivity index (χ0v) is 40.1. The van der Waals surface area contributed by atoms with E-state index >= 15 is 0 Å². The van der Waals surface area contributed by atoms with Crippen molar-refractivity contribution in [2.24, 2.45) is 0 Å².